The van der Waals surface area contributed by atoms with Crippen LogP contribution in [0, 0.1) is 6.92 Å². The first-order valence-corrected chi connectivity index (χ1v) is 8.47. The van der Waals surface area contributed by atoms with Gasteiger partial charge in [0.05, 0.1) is 0 Å². The van der Waals surface area contributed by atoms with E-state index in [2.05, 4.69) is 44.4 Å². The smallest absolute Gasteiger partial charge is 0.0441 e. The largest absolute Gasteiger partial charge is 0.317 e. The first kappa shape index (κ1) is 17.5. The van der Waals surface area contributed by atoms with E-state index in [1.54, 1.807) is 0 Å². The first-order chi connectivity index (χ1) is 9.67. The molecule has 0 spiro atoms. The van der Waals surface area contributed by atoms with Crippen molar-refractivity contribution in [3.05, 3.63) is 34.3 Å². The van der Waals surface area contributed by atoms with Crippen LogP contribution in [0.5, 0.6) is 0 Å². The molecule has 1 nitrogen and oxygen atoms in total. The summed E-state index contributed by atoms with van der Waals surface area (Å²) in [6.07, 6.45) is 10.4. The zero-order chi connectivity index (χ0) is 14.8. The van der Waals surface area contributed by atoms with Gasteiger partial charge in [0.15, 0.2) is 0 Å². The van der Waals surface area contributed by atoms with Crippen molar-refractivity contribution in [3.63, 3.8) is 0 Å². The first-order valence-electron chi connectivity index (χ1n) is 8.09. The number of unbranched alkanes of at least 4 members (excludes halogenated alkanes) is 5. The fourth-order valence-corrected chi connectivity index (χ4v) is 2.92. The van der Waals surface area contributed by atoms with E-state index in [0.717, 1.165) is 11.4 Å². The van der Waals surface area contributed by atoms with E-state index in [4.69, 9.17) is 11.6 Å². The molecule has 1 aromatic rings. The minimum Gasteiger partial charge on any atom is -0.317 e. The Balaban J connectivity index is 2.31. The van der Waals surface area contributed by atoms with Gasteiger partial charge in [0, 0.05) is 11.1 Å². The normalized spacial score (nSPS) is 12.6. The summed E-state index contributed by atoms with van der Waals surface area (Å²) in [7, 11) is 2.06. The van der Waals surface area contributed by atoms with Gasteiger partial charge in [-0.25, -0.2) is 0 Å². The molecule has 0 saturated carbocycles. The highest BCUT2D eigenvalue weighted by atomic mass is 35.5. The molecule has 20 heavy (non-hydrogen) atoms. The zero-order valence-corrected chi connectivity index (χ0v) is 14.1. The molecule has 0 heterocycles. The van der Waals surface area contributed by atoms with Crippen LogP contribution in [0.4, 0.5) is 0 Å². The van der Waals surface area contributed by atoms with Crippen LogP contribution in [0.3, 0.4) is 0 Å². The van der Waals surface area contributed by atoms with Gasteiger partial charge in [0.2, 0.25) is 0 Å². The third-order valence-electron chi connectivity index (χ3n) is 3.99. The molecule has 0 aliphatic heterocycles. The number of halogens is 1. The number of hydrogen-bond donors (Lipinski definition) is 1. The molecule has 0 aromatic heterocycles. The zero-order valence-electron chi connectivity index (χ0n) is 13.3. The molecule has 0 bridgehead atoms. The van der Waals surface area contributed by atoms with Crippen LogP contribution in [-0.2, 0) is 6.42 Å². The Kier molecular flexibility index (Phi) is 8.97. The summed E-state index contributed by atoms with van der Waals surface area (Å²) < 4.78 is 0. The van der Waals surface area contributed by atoms with Gasteiger partial charge in [-0.2, -0.15) is 0 Å². The van der Waals surface area contributed by atoms with Gasteiger partial charge in [0.25, 0.3) is 0 Å². The quantitative estimate of drug-likeness (QED) is 0.560. The highest BCUT2D eigenvalue weighted by molar-refractivity contribution is 6.31. The molecule has 2 heteroatoms. The van der Waals surface area contributed by atoms with Crippen LogP contribution >= 0.6 is 11.6 Å². The predicted molar refractivity (Wildman–Crippen MR) is 90.7 cm³/mol. The summed E-state index contributed by atoms with van der Waals surface area (Å²) in [6.45, 7) is 4.35. The summed E-state index contributed by atoms with van der Waals surface area (Å²) in [5, 5.41) is 4.35. The third-order valence-corrected chi connectivity index (χ3v) is 4.34. The van der Waals surface area contributed by atoms with Crippen molar-refractivity contribution in [1.29, 1.82) is 0 Å². The topological polar surface area (TPSA) is 12.0 Å². The van der Waals surface area contributed by atoms with Crippen LogP contribution in [-0.4, -0.2) is 13.1 Å². The molecule has 1 unspecified atom stereocenters. The second-order valence-corrected chi connectivity index (χ2v) is 6.25. The van der Waals surface area contributed by atoms with E-state index in [1.165, 1.54) is 56.1 Å². The van der Waals surface area contributed by atoms with E-state index < -0.39 is 0 Å². The van der Waals surface area contributed by atoms with Crippen LogP contribution in [0.1, 0.15) is 63.0 Å². The van der Waals surface area contributed by atoms with Crippen molar-refractivity contribution in [2.24, 2.45) is 0 Å². The van der Waals surface area contributed by atoms with E-state index in [-0.39, 0.29) is 0 Å². The fraction of sp³-hybridized carbons (Fsp3) is 0.667. The number of hydrogen-bond acceptors (Lipinski definition) is 1. The van der Waals surface area contributed by atoms with Crippen molar-refractivity contribution >= 4 is 11.6 Å². The maximum atomic E-state index is 6.32. The molecule has 1 rings (SSSR count). The minimum atomic E-state index is 0.543. The van der Waals surface area contributed by atoms with Gasteiger partial charge in [-0.15, -0.1) is 0 Å². The minimum absolute atomic E-state index is 0.543. The van der Waals surface area contributed by atoms with E-state index in [0.29, 0.717) is 6.04 Å². The lowest BCUT2D eigenvalue weighted by molar-refractivity contribution is 0.480. The molecule has 0 aliphatic rings. The Labute approximate surface area is 130 Å². The summed E-state index contributed by atoms with van der Waals surface area (Å²) >= 11 is 6.32. The van der Waals surface area contributed by atoms with Crippen molar-refractivity contribution in [2.45, 2.75) is 71.3 Å². The maximum Gasteiger partial charge on any atom is 0.0441 e. The molecule has 0 radical (unpaired) electrons. The lowest BCUT2D eigenvalue weighted by atomic mass is 9.99. The molecule has 1 aromatic carbocycles. The monoisotopic (exact) mass is 295 g/mol. The molecule has 0 saturated heterocycles. The molecular weight excluding hydrogens is 266 g/mol. The molecule has 0 amide bonds. The average molecular weight is 296 g/mol. The summed E-state index contributed by atoms with van der Waals surface area (Å²) in [6, 6.07) is 6.93. The highest BCUT2D eigenvalue weighted by Gasteiger charge is 2.09. The van der Waals surface area contributed by atoms with Gasteiger partial charge in [-0.1, -0.05) is 69.2 Å². The number of likely N-dealkylation sites (N-methyl/N-ethyl adjacent to an activating group) is 1. The van der Waals surface area contributed by atoms with Crippen molar-refractivity contribution in [3.8, 4) is 0 Å². The van der Waals surface area contributed by atoms with Gasteiger partial charge in [-0.3, -0.25) is 0 Å². The molecule has 114 valence electrons. The van der Waals surface area contributed by atoms with Gasteiger partial charge in [0.1, 0.15) is 0 Å². The van der Waals surface area contributed by atoms with Crippen molar-refractivity contribution < 1.29 is 0 Å². The van der Waals surface area contributed by atoms with Crippen LogP contribution in [0.25, 0.3) is 0 Å². The van der Waals surface area contributed by atoms with Crippen LogP contribution in [0.2, 0.25) is 5.02 Å². The molecule has 1 N–H and O–H groups in total. The standard InChI is InChI=1S/C18H30ClN/c1-4-5-6-7-8-9-10-17(20-3)14-16-12-11-15(2)13-18(16)19/h11-13,17,20H,4-10,14H2,1-3H3. The van der Waals surface area contributed by atoms with Gasteiger partial charge < -0.3 is 5.32 Å². The van der Waals surface area contributed by atoms with Gasteiger partial charge >= 0.3 is 0 Å². The maximum absolute atomic E-state index is 6.32. The summed E-state index contributed by atoms with van der Waals surface area (Å²) in [5.74, 6) is 0. The molecule has 0 fully saturated rings. The Morgan fingerprint density at radius 2 is 1.80 bits per heavy atom. The molecular formula is C18H30ClN. The van der Waals surface area contributed by atoms with Crippen molar-refractivity contribution in [2.75, 3.05) is 7.05 Å². The highest BCUT2D eigenvalue weighted by Crippen LogP contribution is 2.20. The third kappa shape index (κ3) is 6.76. The SMILES string of the molecule is CCCCCCCCC(Cc1ccc(C)cc1Cl)NC. The predicted octanol–water partition coefficient (Wildman–Crippen LogP) is 5.53. The second kappa shape index (κ2) is 10.2. The van der Waals surface area contributed by atoms with E-state index in [9.17, 15) is 0 Å². The molecule has 1 atom stereocenters. The van der Waals surface area contributed by atoms with E-state index in [1.807, 2.05) is 0 Å². The number of nitrogens with one attached hydrogen (secondary N) is 1. The van der Waals surface area contributed by atoms with Crippen LogP contribution < -0.4 is 5.32 Å². The molecule has 0 aliphatic carbocycles. The van der Waals surface area contributed by atoms with Crippen LogP contribution in [0.15, 0.2) is 18.2 Å². The lowest BCUT2D eigenvalue weighted by Gasteiger charge is -2.17. The Morgan fingerprint density at radius 3 is 2.45 bits per heavy atom. The van der Waals surface area contributed by atoms with E-state index >= 15 is 0 Å². The second-order valence-electron chi connectivity index (χ2n) is 5.84. The number of benzene rings is 1. The van der Waals surface area contributed by atoms with Crippen molar-refractivity contribution in [1.82, 2.24) is 5.32 Å². The van der Waals surface area contributed by atoms with Gasteiger partial charge in [-0.05, 0) is 44.0 Å². The number of rotatable bonds is 10. The number of aryl methyl sites for hydroxylation is 1. The Bertz CT molecular complexity index is 376. The summed E-state index contributed by atoms with van der Waals surface area (Å²) in [5.41, 5.74) is 2.50. The summed E-state index contributed by atoms with van der Waals surface area (Å²) in [4.78, 5) is 0. The Morgan fingerprint density at radius 1 is 1.10 bits per heavy atom. The average Bonchev–Trinajstić information content (AvgIpc) is 2.43. The Hall–Kier alpha value is -0.530. The fourth-order valence-electron chi connectivity index (χ4n) is 2.60. The lowest BCUT2D eigenvalue weighted by Crippen LogP contribution is -2.27.